The summed E-state index contributed by atoms with van der Waals surface area (Å²) in [6, 6.07) is 20.7. The molecule has 0 radical (unpaired) electrons. The fraction of sp³-hybridized carbons (Fsp3) is 0.600. The van der Waals surface area contributed by atoms with E-state index in [1.807, 2.05) is 53.9 Å². The van der Waals surface area contributed by atoms with Gasteiger partial charge >= 0.3 is 0 Å². The summed E-state index contributed by atoms with van der Waals surface area (Å²) in [4.78, 5) is 0. The molecule has 0 saturated carbocycles. The number of rotatable bonds is 13. The first-order valence-electron chi connectivity index (χ1n) is 22.4. The predicted octanol–water partition coefficient (Wildman–Crippen LogP) is 10.2. The Balaban J connectivity index is 1.10. The van der Waals surface area contributed by atoms with Crippen molar-refractivity contribution in [3.05, 3.63) is 108 Å². The van der Waals surface area contributed by atoms with Crippen molar-refractivity contribution < 1.29 is 33.5 Å². The lowest BCUT2D eigenvalue weighted by Gasteiger charge is -2.52. The summed E-state index contributed by atoms with van der Waals surface area (Å²) in [5, 5.41) is 11.2. The van der Waals surface area contributed by atoms with Crippen molar-refractivity contribution in [3.63, 3.8) is 0 Å². The predicted molar refractivity (Wildman–Crippen MR) is 249 cm³/mol. The average molecular weight is 873 g/mol. The lowest BCUT2D eigenvalue weighted by atomic mass is 9.86. The van der Waals surface area contributed by atoms with Crippen molar-refractivity contribution in [1.29, 1.82) is 0 Å². The third-order valence-electron chi connectivity index (χ3n) is 13.2. The number of hydrogen-bond acceptors (Lipinski definition) is 9. The molecular weight excluding hydrogens is 805 g/mol. The fourth-order valence-electron chi connectivity index (χ4n) is 10.1. The van der Waals surface area contributed by atoms with Gasteiger partial charge in [0, 0.05) is 6.42 Å². The monoisotopic (exact) mass is 872 g/mol. The van der Waals surface area contributed by atoms with Gasteiger partial charge in [-0.05, 0) is 71.5 Å². The first-order valence-corrected chi connectivity index (χ1v) is 26.6. The molecular formula is C50H68O7S2Si. The van der Waals surface area contributed by atoms with Crippen LogP contribution in [-0.2, 0) is 41.6 Å². The van der Waals surface area contributed by atoms with E-state index in [1.54, 1.807) is 0 Å². The van der Waals surface area contributed by atoms with E-state index >= 15 is 0 Å². The molecule has 0 spiro atoms. The zero-order valence-corrected chi connectivity index (χ0v) is 39.3. The zero-order chi connectivity index (χ0) is 42.3. The molecule has 1 N–H and O–H groups in total. The minimum Gasteiger partial charge on any atom is -0.386 e. The molecule has 0 amide bonds. The topological polar surface area (TPSA) is 75.6 Å². The number of aliphatic hydroxyl groups excluding tert-OH is 1. The second-order valence-electron chi connectivity index (χ2n) is 18.3. The maximum Gasteiger partial charge on any atom is 0.146 e. The number of benzene rings is 2. The summed E-state index contributed by atoms with van der Waals surface area (Å²) in [7, 11) is -1.83. The van der Waals surface area contributed by atoms with Gasteiger partial charge in [-0.3, -0.25) is 0 Å². The Morgan fingerprint density at radius 1 is 0.733 bits per heavy atom. The zero-order valence-electron chi connectivity index (χ0n) is 36.7. The average Bonchev–Trinajstić information content (AvgIpc) is 3.49. The van der Waals surface area contributed by atoms with E-state index in [0.29, 0.717) is 42.7 Å². The molecule has 0 aliphatic carbocycles. The Labute approximate surface area is 369 Å². The molecule has 60 heavy (non-hydrogen) atoms. The number of aliphatic hydroxyl groups is 1. The van der Waals surface area contributed by atoms with Gasteiger partial charge in [-0.1, -0.05) is 139 Å². The van der Waals surface area contributed by atoms with Crippen molar-refractivity contribution >= 4 is 31.6 Å². The van der Waals surface area contributed by atoms with Gasteiger partial charge in [-0.2, -0.15) is 0 Å². The number of allylic oxidation sites excluding steroid dienone is 1. The SMILES string of the molecule is CC(C)[Si](C#C/C=C\C[C@H]1O[C@H]2C=C[C@H]3O[C@H]4[C@H](OCc5ccccc5)[C@@H](OCc5ccccc5)[C@H](CC5(C)SCCCS5)O[C@@H]4C[C@@H]3O[C@@H]2C=C[C@H]1O)(C(C)C)C(C)C. The Bertz CT molecular complexity index is 1780. The van der Waals surface area contributed by atoms with E-state index in [2.05, 4.69) is 127 Å². The third kappa shape index (κ3) is 11.0. The summed E-state index contributed by atoms with van der Waals surface area (Å²) in [6.45, 7) is 17.2. The van der Waals surface area contributed by atoms with Gasteiger partial charge < -0.3 is 33.5 Å². The highest BCUT2D eigenvalue weighted by Crippen LogP contribution is 2.48. The molecule has 7 nitrogen and oxygen atoms in total. The van der Waals surface area contributed by atoms with Crippen LogP contribution >= 0.6 is 23.5 Å². The van der Waals surface area contributed by atoms with E-state index in [0.717, 1.165) is 29.1 Å². The van der Waals surface area contributed by atoms with Crippen LogP contribution in [0.15, 0.2) is 97.1 Å². The van der Waals surface area contributed by atoms with Crippen LogP contribution in [-0.4, -0.2) is 95.9 Å². The number of fused-ring (bicyclic) bond motifs is 3. The van der Waals surface area contributed by atoms with E-state index in [-0.39, 0.29) is 59.0 Å². The van der Waals surface area contributed by atoms with Crippen molar-refractivity contribution in [2.24, 2.45) is 0 Å². The van der Waals surface area contributed by atoms with Crippen LogP contribution in [0.5, 0.6) is 0 Å². The summed E-state index contributed by atoms with van der Waals surface area (Å²) in [6.07, 6.45) is 11.1. The molecule has 7 rings (SSSR count). The van der Waals surface area contributed by atoms with Gasteiger partial charge in [0.25, 0.3) is 0 Å². The van der Waals surface area contributed by atoms with Gasteiger partial charge in [0.05, 0.1) is 47.8 Å². The molecule has 3 fully saturated rings. The molecule has 326 valence electrons. The third-order valence-corrected chi connectivity index (χ3v) is 22.8. The molecule has 5 aliphatic heterocycles. The second kappa shape index (κ2) is 21.0. The molecule has 0 aromatic heterocycles. The van der Waals surface area contributed by atoms with Crippen molar-refractivity contribution in [2.75, 3.05) is 11.5 Å². The molecule has 3 saturated heterocycles. The highest BCUT2D eigenvalue weighted by atomic mass is 32.2. The maximum atomic E-state index is 11.2. The Hall–Kier alpha value is -2.14. The largest absolute Gasteiger partial charge is 0.386 e. The molecule has 2 aromatic rings. The second-order valence-corrected chi connectivity index (χ2v) is 27.3. The van der Waals surface area contributed by atoms with E-state index in [4.69, 9.17) is 28.4 Å². The quantitative estimate of drug-likeness (QED) is 0.120. The maximum absolute atomic E-state index is 11.2. The molecule has 5 heterocycles. The molecule has 0 unspecified atom stereocenters. The lowest BCUT2D eigenvalue weighted by molar-refractivity contribution is -0.299. The molecule has 11 atom stereocenters. The summed E-state index contributed by atoms with van der Waals surface area (Å²) < 4.78 is 41.7. The molecule has 2 aromatic carbocycles. The number of hydrogen-bond donors (Lipinski definition) is 1. The van der Waals surface area contributed by atoms with Crippen LogP contribution in [0, 0.1) is 11.5 Å². The first-order chi connectivity index (χ1) is 29.0. The smallest absolute Gasteiger partial charge is 0.146 e. The normalized spacial score (nSPS) is 32.8. The summed E-state index contributed by atoms with van der Waals surface area (Å²) in [5.41, 5.74) is 7.71. The van der Waals surface area contributed by atoms with Crippen molar-refractivity contribution in [3.8, 4) is 11.5 Å². The minimum atomic E-state index is -1.83. The van der Waals surface area contributed by atoms with Gasteiger partial charge in [0.15, 0.2) is 0 Å². The number of thioether (sulfide) groups is 2. The molecule has 10 heteroatoms. The minimum absolute atomic E-state index is 0.00507. The molecule has 5 aliphatic rings. The van der Waals surface area contributed by atoms with Gasteiger partial charge in [-0.25, -0.2) is 0 Å². The standard InChI is InChI=1S/C50H68O7S2Si/c1-34(2)60(35(3)4,36(5)6)29-16-10-15-22-40-39(51)23-24-41-42(54-40)25-26-43-44(55-41)30-45-48(57-43)49(53-33-38-20-13-9-14-21-38)47(52-32-37-18-11-8-12-19-37)46(56-45)31-50(7)58-27-17-28-59-50/h8-15,18-21,23-26,34-36,39-49,51H,17,22,27-28,30-33H2,1-7H3/b15-10-/t39-,40-,41-,42+,43-,44+,45-,46+,47+,48-,49-/m1/s1. The van der Waals surface area contributed by atoms with Gasteiger partial charge in [-0.15, -0.1) is 29.1 Å². The van der Waals surface area contributed by atoms with Gasteiger partial charge in [0.2, 0.25) is 0 Å². The van der Waals surface area contributed by atoms with Crippen LogP contribution in [0.1, 0.15) is 85.3 Å². The van der Waals surface area contributed by atoms with Gasteiger partial charge in [0.1, 0.15) is 44.7 Å². The van der Waals surface area contributed by atoms with Crippen LogP contribution in [0.4, 0.5) is 0 Å². The van der Waals surface area contributed by atoms with Crippen LogP contribution in [0.25, 0.3) is 0 Å². The first kappa shape index (κ1) is 45.9. The lowest BCUT2D eigenvalue weighted by Crippen LogP contribution is -2.65. The van der Waals surface area contributed by atoms with Crippen LogP contribution in [0.2, 0.25) is 16.6 Å². The van der Waals surface area contributed by atoms with E-state index in [1.165, 1.54) is 6.42 Å². The van der Waals surface area contributed by atoms with Crippen molar-refractivity contribution in [2.45, 2.75) is 175 Å². The highest BCUT2D eigenvalue weighted by Gasteiger charge is 2.55. The Kier molecular flexibility index (Phi) is 16.1. The van der Waals surface area contributed by atoms with E-state index < -0.39 is 20.3 Å². The van der Waals surface area contributed by atoms with Crippen LogP contribution in [0.3, 0.4) is 0 Å². The molecule has 0 bridgehead atoms. The van der Waals surface area contributed by atoms with Crippen molar-refractivity contribution in [1.82, 2.24) is 0 Å². The number of ether oxygens (including phenoxy) is 6. The summed E-state index contributed by atoms with van der Waals surface area (Å²) in [5.74, 6) is 5.71. The Morgan fingerprint density at radius 3 is 1.95 bits per heavy atom. The fourth-order valence-corrected chi connectivity index (χ4v) is 18.3. The summed E-state index contributed by atoms with van der Waals surface area (Å²) >= 11 is 4.07. The Morgan fingerprint density at radius 2 is 1.32 bits per heavy atom. The van der Waals surface area contributed by atoms with E-state index in [9.17, 15) is 5.11 Å². The highest BCUT2D eigenvalue weighted by molar-refractivity contribution is 8.18. The van der Waals surface area contributed by atoms with Crippen LogP contribution < -0.4 is 0 Å².